The van der Waals surface area contributed by atoms with Crippen molar-refractivity contribution in [3.63, 3.8) is 0 Å². The smallest absolute Gasteiger partial charge is 0.0728 e. The quantitative estimate of drug-likeness (QED) is 0.570. The first-order valence-corrected chi connectivity index (χ1v) is 4.43. The molecule has 0 N–H and O–H groups in total. The van der Waals surface area contributed by atoms with Crippen molar-refractivity contribution in [2.45, 2.75) is 33.0 Å². The van der Waals surface area contributed by atoms with E-state index in [-0.39, 0.29) is 0 Å². The van der Waals surface area contributed by atoms with Crippen molar-refractivity contribution in [3.8, 4) is 0 Å². The van der Waals surface area contributed by atoms with Crippen LogP contribution in [0.4, 0.5) is 0 Å². The van der Waals surface area contributed by atoms with Gasteiger partial charge in [-0.15, -0.1) is 0 Å². The van der Waals surface area contributed by atoms with Crippen LogP contribution in [-0.4, -0.2) is 37.2 Å². The second-order valence-electron chi connectivity index (χ2n) is 3.95. The molecule has 0 bridgehead atoms. The highest BCUT2D eigenvalue weighted by atomic mass is 16.5. The molecule has 1 saturated heterocycles. The molecule has 0 aromatic rings. The van der Waals surface area contributed by atoms with E-state index in [0.717, 1.165) is 13.1 Å². The van der Waals surface area contributed by atoms with Crippen molar-refractivity contribution in [1.29, 1.82) is 0 Å². The van der Waals surface area contributed by atoms with E-state index < -0.39 is 0 Å². The third-order valence-electron chi connectivity index (χ3n) is 2.21. The van der Waals surface area contributed by atoms with E-state index in [1.54, 1.807) is 0 Å². The lowest BCUT2D eigenvalue weighted by atomic mass is 10.1. The van der Waals surface area contributed by atoms with Crippen LogP contribution in [0.3, 0.4) is 0 Å². The summed E-state index contributed by atoms with van der Waals surface area (Å²) in [5.41, 5.74) is 0. The number of hydrogen-bond donors (Lipinski definition) is 0. The van der Waals surface area contributed by atoms with E-state index in [1.807, 2.05) is 0 Å². The molecule has 2 nitrogen and oxygen atoms in total. The Kier molecular flexibility index (Phi) is 2.90. The molecule has 1 aliphatic heterocycles. The van der Waals surface area contributed by atoms with Gasteiger partial charge in [-0.05, 0) is 19.9 Å². The summed E-state index contributed by atoms with van der Waals surface area (Å²) in [7, 11) is 2.16. The summed E-state index contributed by atoms with van der Waals surface area (Å²) in [5.74, 6) is 0.639. The Bertz CT molecular complexity index is 115. The Labute approximate surface area is 69.5 Å². The highest BCUT2D eigenvalue weighted by molar-refractivity contribution is 4.75. The van der Waals surface area contributed by atoms with Gasteiger partial charge >= 0.3 is 0 Å². The van der Waals surface area contributed by atoms with Gasteiger partial charge in [0.1, 0.15) is 0 Å². The number of morpholine rings is 1. The molecule has 2 heteroatoms. The molecule has 0 saturated carbocycles. The molecule has 1 rings (SSSR count). The van der Waals surface area contributed by atoms with Crippen LogP contribution < -0.4 is 0 Å². The standard InChI is InChI=1S/C9H19NO/c1-7(2)9-6-10(4)5-8(3)11-9/h7-9H,5-6H2,1-4H3. The monoisotopic (exact) mass is 157 g/mol. The fourth-order valence-electron chi connectivity index (χ4n) is 1.57. The zero-order chi connectivity index (χ0) is 8.43. The Morgan fingerprint density at radius 1 is 1.36 bits per heavy atom. The molecule has 0 aliphatic carbocycles. The van der Waals surface area contributed by atoms with Gasteiger partial charge in [0.25, 0.3) is 0 Å². The summed E-state index contributed by atoms with van der Waals surface area (Å²) in [6.07, 6.45) is 0.838. The Morgan fingerprint density at radius 3 is 2.45 bits per heavy atom. The first kappa shape index (κ1) is 9.01. The highest BCUT2D eigenvalue weighted by Gasteiger charge is 2.24. The molecule has 0 radical (unpaired) electrons. The van der Waals surface area contributed by atoms with Crippen LogP contribution in [0.2, 0.25) is 0 Å². The lowest BCUT2D eigenvalue weighted by Crippen LogP contribution is -2.46. The molecule has 66 valence electrons. The minimum Gasteiger partial charge on any atom is -0.372 e. The maximum absolute atomic E-state index is 5.78. The van der Waals surface area contributed by atoms with Crippen molar-refractivity contribution < 1.29 is 4.74 Å². The summed E-state index contributed by atoms with van der Waals surface area (Å²) in [5, 5.41) is 0. The third kappa shape index (κ3) is 2.46. The molecule has 0 spiro atoms. The average Bonchev–Trinajstić information content (AvgIpc) is 1.85. The normalized spacial score (nSPS) is 34.6. The number of rotatable bonds is 1. The fourth-order valence-corrected chi connectivity index (χ4v) is 1.57. The van der Waals surface area contributed by atoms with Crippen LogP contribution >= 0.6 is 0 Å². The minimum absolute atomic E-state index is 0.404. The van der Waals surface area contributed by atoms with E-state index in [1.165, 1.54) is 0 Å². The minimum atomic E-state index is 0.404. The number of hydrogen-bond acceptors (Lipinski definition) is 2. The SMILES string of the molecule is CC1CN(C)CC(C(C)C)O1. The van der Waals surface area contributed by atoms with Gasteiger partial charge < -0.3 is 9.64 Å². The van der Waals surface area contributed by atoms with Gasteiger partial charge in [0.15, 0.2) is 0 Å². The van der Waals surface area contributed by atoms with Crippen molar-refractivity contribution in [2.75, 3.05) is 20.1 Å². The number of ether oxygens (including phenoxy) is 1. The second-order valence-corrected chi connectivity index (χ2v) is 3.95. The highest BCUT2D eigenvalue weighted by Crippen LogP contribution is 2.15. The van der Waals surface area contributed by atoms with Gasteiger partial charge in [-0.25, -0.2) is 0 Å². The molecule has 1 heterocycles. The first-order chi connectivity index (χ1) is 5.09. The van der Waals surface area contributed by atoms with Crippen LogP contribution in [-0.2, 0) is 4.74 Å². The van der Waals surface area contributed by atoms with E-state index in [0.29, 0.717) is 18.1 Å². The van der Waals surface area contributed by atoms with Crippen molar-refractivity contribution in [2.24, 2.45) is 5.92 Å². The summed E-state index contributed by atoms with van der Waals surface area (Å²) in [6.45, 7) is 8.74. The van der Waals surface area contributed by atoms with Gasteiger partial charge in [-0.3, -0.25) is 0 Å². The Balaban J connectivity index is 2.43. The summed E-state index contributed by atoms with van der Waals surface area (Å²) in [6, 6.07) is 0. The van der Waals surface area contributed by atoms with Gasteiger partial charge in [0.05, 0.1) is 12.2 Å². The molecule has 0 amide bonds. The van der Waals surface area contributed by atoms with E-state index in [2.05, 4.69) is 32.7 Å². The van der Waals surface area contributed by atoms with Crippen LogP contribution in [0, 0.1) is 5.92 Å². The van der Waals surface area contributed by atoms with Gasteiger partial charge in [0.2, 0.25) is 0 Å². The average molecular weight is 157 g/mol. The topological polar surface area (TPSA) is 12.5 Å². The molecule has 1 fully saturated rings. The van der Waals surface area contributed by atoms with Gasteiger partial charge in [0, 0.05) is 13.1 Å². The van der Waals surface area contributed by atoms with Crippen LogP contribution in [0.15, 0.2) is 0 Å². The van der Waals surface area contributed by atoms with E-state index in [4.69, 9.17) is 4.74 Å². The maximum atomic E-state index is 5.78. The first-order valence-electron chi connectivity index (χ1n) is 4.43. The summed E-state index contributed by atoms with van der Waals surface area (Å²) < 4.78 is 5.78. The number of likely N-dealkylation sites (N-methyl/N-ethyl adjacent to an activating group) is 1. The lowest BCUT2D eigenvalue weighted by Gasteiger charge is -2.36. The van der Waals surface area contributed by atoms with Crippen molar-refractivity contribution >= 4 is 0 Å². The predicted octanol–water partition coefficient (Wildman–Crippen LogP) is 1.36. The zero-order valence-corrected chi connectivity index (χ0v) is 8.00. The van der Waals surface area contributed by atoms with Crippen molar-refractivity contribution in [3.05, 3.63) is 0 Å². The molecule has 2 atom stereocenters. The van der Waals surface area contributed by atoms with Crippen molar-refractivity contribution in [1.82, 2.24) is 4.90 Å². The summed E-state index contributed by atoms with van der Waals surface area (Å²) in [4.78, 5) is 2.35. The molecular formula is C9H19NO. The van der Waals surface area contributed by atoms with Crippen LogP contribution in [0.1, 0.15) is 20.8 Å². The third-order valence-corrected chi connectivity index (χ3v) is 2.21. The van der Waals surface area contributed by atoms with Gasteiger partial charge in [-0.2, -0.15) is 0 Å². The van der Waals surface area contributed by atoms with E-state index >= 15 is 0 Å². The Hall–Kier alpha value is -0.0800. The van der Waals surface area contributed by atoms with Crippen LogP contribution in [0.5, 0.6) is 0 Å². The van der Waals surface area contributed by atoms with Gasteiger partial charge in [-0.1, -0.05) is 13.8 Å². The largest absolute Gasteiger partial charge is 0.372 e. The molecular weight excluding hydrogens is 138 g/mol. The van der Waals surface area contributed by atoms with Crippen LogP contribution in [0.25, 0.3) is 0 Å². The fraction of sp³-hybridized carbons (Fsp3) is 1.00. The lowest BCUT2D eigenvalue weighted by molar-refractivity contribution is -0.0884. The summed E-state index contributed by atoms with van der Waals surface area (Å²) >= 11 is 0. The maximum Gasteiger partial charge on any atom is 0.0728 e. The molecule has 1 aliphatic rings. The van der Waals surface area contributed by atoms with E-state index in [9.17, 15) is 0 Å². The predicted molar refractivity (Wildman–Crippen MR) is 46.7 cm³/mol. The number of nitrogens with zero attached hydrogens (tertiary/aromatic N) is 1. The molecule has 0 aromatic carbocycles. The zero-order valence-electron chi connectivity index (χ0n) is 8.00. The Morgan fingerprint density at radius 2 is 2.00 bits per heavy atom. The molecule has 0 aromatic heterocycles. The second kappa shape index (κ2) is 3.55. The molecule has 2 unspecified atom stereocenters. The molecule has 11 heavy (non-hydrogen) atoms.